The number of fused-ring (bicyclic) bond motifs is 1. The lowest BCUT2D eigenvalue weighted by atomic mass is 10.0. The van der Waals surface area contributed by atoms with E-state index in [1.807, 2.05) is 0 Å². The quantitative estimate of drug-likeness (QED) is 0.761. The number of anilines is 1. The maximum absolute atomic E-state index is 12.6. The average molecular weight is 280 g/mol. The van der Waals surface area contributed by atoms with Crippen molar-refractivity contribution in [2.75, 3.05) is 11.9 Å². The molecule has 1 aromatic carbocycles. The molecule has 1 aliphatic heterocycles. The molecule has 0 bridgehead atoms. The van der Waals surface area contributed by atoms with Crippen LogP contribution in [0.2, 0.25) is 0 Å². The first kappa shape index (κ1) is 10.8. The highest BCUT2D eigenvalue weighted by molar-refractivity contribution is 9.10. The second-order valence-corrected chi connectivity index (χ2v) is 4.37. The van der Waals surface area contributed by atoms with E-state index in [1.165, 1.54) is 6.07 Å². The van der Waals surface area contributed by atoms with E-state index in [0.717, 1.165) is 24.9 Å². The summed E-state index contributed by atoms with van der Waals surface area (Å²) in [5.41, 5.74) is 0.938. The van der Waals surface area contributed by atoms with Crippen LogP contribution < -0.4 is 5.32 Å². The second kappa shape index (κ2) is 3.70. The van der Waals surface area contributed by atoms with Gasteiger partial charge in [0, 0.05) is 16.7 Å². The Morgan fingerprint density at radius 2 is 2.00 bits per heavy atom. The zero-order chi connectivity index (χ0) is 11.1. The molecule has 15 heavy (non-hydrogen) atoms. The van der Waals surface area contributed by atoms with Gasteiger partial charge in [0.15, 0.2) is 0 Å². The molecular formula is C10H9BrF3N. The minimum absolute atomic E-state index is 0.123. The minimum atomic E-state index is -4.30. The van der Waals surface area contributed by atoms with Crippen molar-refractivity contribution in [1.29, 1.82) is 0 Å². The van der Waals surface area contributed by atoms with Crippen LogP contribution in [0.15, 0.2) is 16.6 Å². The van der Waals surface area contributed by atoms with Crippen molar-refractivity contribution in [3.63, 3.8) is 0 Å². The van der Waals surface area contributed by atoms with E-state index in [0.29, 0.717) is 5.69 Å². The number of benzene rings is 1. The van der Waals surface area contributed by atoms with Crippen LogP contribution >= 0.6 is 15.9 Å². The van der Waals surface area contributed by atoms with Crippen LogP contribution in [0.1, 0.15) is 17.5 Å². The van der Waals surface area contributed by atoms with Crippen LogP contribution in [0.5, 0.6) is 0 Å². The summed E-state index contributed by atoms with van der Waals surface area (Å²) in [6, 6.07) is 2.74. The number of halogens is 4. The van der Waals surface area contributed by atoms with Gasteiger partial charge in [-0.2, -0.15) is 13.2 Å². The summed E-state index contributed by atoms with van der Waals surface area (Å²) in [6.07, 6.45) is -2.50. The molecule has 0 unspecified atom stereocenters. The van der Waals surface area contributed by atoms with E-state index in [1.54, 1.807) is 6.07 Å². The molecule has 5 heteroatoms. The topological polar surface area (TPSA) is 12.0 Å². The van der Waals surface area contributed by atoms with Crippen molar-refractivity contribution in [2.45, 2.75) is 19.0 Å². The summed E-state index contributed by atoms with van der Waals surface area (Å²) in [4.78, 5) is 0. The molecule has 2 rings (SSSR count). The maximum Gasteiger partial charge on any atom is 0.417 e. The lowest BCUT2D eigenvalue weighted by molar-refractivity contribution is -0.138. The highest BCUT2D eigenvalue weighted by Crippen LogP contribution is 2.38. The molecule has 0 amide bonds. The Balaban J connectivity index is 2.50. The van der Waals surface area contributed by atoms with Gasteiger partial charge in [-0.3, -0.25) is 0 Å². The van der Waals surface area contributed by atoms with Crippen molar-refractivity contribution in [3.05, 3.63) is 27.7 Å². The van der Waals surface area contributed by atoms with E-state index in [9.17, 15) is 13.2 Å². The highest BCUT2D eigenvalue weighted by Gasteiger charge is 2.34. The Morgan fingerprint density at radius 1 is 1.27 bits per heavy atom. The summed E-state index contributed by atoms with van der Waals surface area (Å²) in [5.74, 6) is 0. The average Bonchev–Trinajstić information content (AvgIpc) is 2.15. The highest BCUT2D eigenvalue weighted by atomic mass is 79.9. The summed E-state index contributed by atoms with van der Waals surface area (Å²) in [7, 11) is 0. The molecule has 1 heterocycles. The Morgan fingerprint density at radius 3 is 2.67 bits per heavy atom. The predicted molar refractivity (Wildman–Crippen MR) is 56.0 cm³/mol. The summed E-state index contributed by atoms with van der Waals surface area (Å²) in [6.45, 7) is 0.742. The smallest absolute Gasteiger partial charge is 0.385 e. The van der Waals surface area contributed by atoms with E-state index in [-0.39, 0.29) is 4.47 Å². The van der Waals surface area contributed by atoms with Gasteiger partial charge in [0.2, 0.25) is 0 Å². The number of hydrogen-bond donors (Lipinski definition) is 1. The van der Waals surface area contributed by atoms with Gasteiger partial charge in [0.25, 0.3) is 0 Å². The SMILES string of the molecule is FC(F)(F)c1cc2c(cc1Br)CCCN2. The van der Waals surface area contributed by atoms with E-state index in [2.05, 4.69) is 21.2 Å². The van der Waals surface area contributed by atoms with Gasteiger partial charge in [-0.15, -0.1) is 0 Å². The minimum Gasteiger partial charge on any atom is -0.385 e. The van der Waals surface area contributed by atoms with Gasteiger partial charge in [0.05, 0.1) is 5.56 Å². The first-order valence-electron chi connectivity index (χ1n) is 4.62. The van der Waals surface area contributed by atoms with E-state index >= 15 is 0 Å². The number of nitrogens with one attached hydrogen (secondary N) is 1. The monoisotopic (exact) mass is 279 g/mol. The summed E-state index contributed by atoms with van der Waals surface area (Å²) >= 11 is 2.96. The van der Waals surface area contributed by atoms with Crippen LogP contribution in [0, 0.1) is 0 Å². The van der Waals surface area contributed by atoms with Crippen molar-refractivity contribution in [1.82, 2.24) is 0 Å². The van der Waals surface area contributed by atoms with E-state index < -0.39 is 11.7 Å². The largest absolute Gasteiger partial charge is 0.417 e. The fourth-order valence-corrected chi connectivity index (χ4v) is 2.32. The molecule has 0 aromatic heterocycles. The summed E-state index contributed by atoms with van der Waals surface area (Å²) < 4.78 is 37.8. The van der Waals surface area contributed by atoms with Crippen LogP contribution in [0.25, 0.3) is 0 Å². The summed E-state index contributed by atoms with van der Waals surface area (Å²) in [5, 5.41) is 2.98. The molecule has 82 valence electrons. The number of rotatable bonds is 0. The number of hydrogen-bond acceptors (Lipinski definition) is 1. The molecule has 1 aromatic rings. The van der Waals surface area contributed by atoms with Crippen LogP contribution in [-0.2, 0) is 12.6 Å². The first-order valence-corrected chi connectivity index (χ1v) is 5.41. The van der Waals surface area contributed by atoms with Crippen molar-refractivity contribution in [3.8, 4) is 0 Å². The molecule has 1 N–H and O–H groups in total. The zero-order valence-corrected chi connectivity index (χ0v) is 9.37. The normalized spacial score (nSPS) is 15.7. The molecule has 1 nitrogen and oxygen atoms in total. The molecule has 0 spiro atoms. The first-order chi connectivity index (χ1) is 6.98. The molecule has 0 saturated carbocycles. The van der Waals surface area contributed by atoms with Crippen molar-refractivity contribution in [2.24, 2.45) is 0 Å². The number of alkyl halides is 3. The third kappa shape index (κ3) is 2.12. The second-order valence-electron chi connectivity index (χ2n) is 3.52. The molecular weight excluding hydrogens is 271 g/mol. The van der Waals surface area contributed by atoms with Gasteiger partial charge in [-0.25, -0.2) is 0 Å². The third-order valence-corrected chi connectivity index (χ3v) is 3.09. The van der Waals surface area contributed by atoms with Gasteiger partial charge in [-0.1, -0.05) is 15.9 Å². The Kier molecular flexibility index (Phi) is 2.66. The standard InChI is InChI=1S/C10H9BrF3N/c11-8-4-6-2-1-3-15-9(6)5-7(8)10(12,13)14/h4-5,15H,1-3H2. The van der Waals surface area contributed by atoms with Crippen molar-refractivity contribution < 1.29 is 13.2 Å². The zero-order valence-electron chi connectivity index (χ0n) is 7.79. The molecule has 0 aliphatic carbocycles. The van der Waals surface area contributed by atoms with Gasteiger partial charge in [0.1, 0.15) is 0 Å². The Bertz CT molecular complexity index is 387. The lowest BCUT2D eigenvalue weighted by Gasteiger charge is -2.20. The molecule has 0 saturated heterocycles. The number of aryl methyl sites for hydroxylation is 1. The molecule has 0 atom stereocenters. The lowest BCUT2D eigenvalue weighted by Crippen LogP contribution is -2.14. The maximum atomic E-state index is 12.6. The fourth-order valence-electron chi connectivity index (χ4n) is 1.70. The third-order valence-electron chi connectivity index (χ3n) is 2.44. The predicted octanol–water partition coefficient (Wildman–Crippen LogP) is 3.83. The Hall–Kier alpha value is -0.710. The van der Waals surface area contributed by atoms with Gasteiger partial charge < -0.3 is 5.32 Å². The Labute approximate surface area is 93.8 Å². The fraction of sp³-hybridized carbons (Fsp3) is 0.400. The van der Waals surface area contributed by atoms with Gasteiger partial charge >= 0.3 is 6.18 Å². The van der Waals surface area contributed by atoms with Crippen LogP contribution in [0.3, 0.4) is 0 Å². The van der Waals surface area contributed by atoms with Crippen LogP contribution in [0.4, 0.5) is 18.9 Å². The van der Waals surface area contributed by atoms with Crippen molar-refractivity contribution >= 4 is 21.6 Å². The van der Waals surface area contributed by atoms with E-state index in [4.69, 9.17) is 0 Å². The molecule has 0 fully saturated rings. The molecule has 1 aliphatic rings. The van der Waals surface area contributed by atoms with Gasteiger partial charge in [-0.05, 0) is 30.5 Å². The van der Waals surface area contributed by atoms with Crippen LogP contribution in [-0.4, -0.2) is 6.54 Å². The molecule has 0 radical (unpaired) electrons.